The summed E-state index contributed by atoms with van der Waals surface area (Å²) < 4.78 is 38.1. The number of hydrogen-bond donors (Lipinski definition) is 2. The van der Waals surface area contributed by atoms with Gasteiger partial charge in [0, 0.05) is 30.6 Å². The molecular weight excluding hydrogens is 394 g/mol. The molecule has 3 rings (SSSR count). The zero-order valence-corrected chi connectivity index (χ0v) is 18.3. The summed E-state index contributed by atoms with van der Waals surface area (Å²) in [4.78, 5) is 13.9. The Labute approximate surface area is 173 Å². The Hall–Kier alpha value is -1.68. The first-order chi connectivity index (χ1) is 13.8. The molecule has 0 radical (unpaired) electrons. The van der Waals surface area contributed by atoms with Gasteiger partial charge < -0.3 is 19.7 Å². The first kappa shape index (κ1) is 22.0. The van der Waals surface area contributed by atoms with E-state index in [9.17, 15) is 13.2 Å². The van der Waals surface area contributed by atoms with Gasteiger partial charge in [-0.2, -0.15) is 4.31 Å². The van der Waals surface area contributed by atoms with Gasteiger partial charge in [0.25, 0.3) is 5.91 Å². The molecule has 2 N–H and O–H groups in total. The van der Waals surface area contributed by atoms with Crippen molar-refractivity contribution in [3.05, 3.63) is 18.2 Å². The maximum absolute atomic E-state index is 13.1. The van der Waals surface area contributed by atoms with Crippen LogP contribution in [0, 0.1) is 11.8 Å². The Bertz CT molecular complexity index is 813. The van der Waals surface area contributed by atoms with E-state index in [4.69, 9.17) is 9.47 Å². The summed E-state index contributed by atoms with van der Waals surface area (Å²) in [5.41, 5.74) is 0.458. The van der Waals surface area contributed by atoms with Crippen LogP contribution < -0.4 is 15.0 Å². The van der Waals surface area contributed by atoms with Gasteiger partial charge in [0.05, 0.1) is 33.4 Å². The van der Waals surface area contributed by atoms with Crippen LogP contribution >= 0.6 is 0 Å². The molecule has 0 saturated carbocycles. The maximum Gasteiger partial charge on any atom is 0.279 e. The summed E-state index contributed by atoms with van der Waals surface area (Å²) >= 11 is 0. The number of piperidine rings is 1. The lowest BCUT2D eigenvalue weighted by Gasteiger charge is -2.31. The number of hydrogen-bond acceptors (Lipinski definition) is 5. The Morgan fingerprint density at radius 3 is 2.52 bits per heavy atom. The fourth-order valence-corrected chi connectivity index (χ4v) is 5.97. The van der Waals surface area contributed by atoms with Gasteiger partial charge in [-0.3, -0.25) is 4.79 Å². The lowest BCUT2D eigenvalue weighted by Crippen LogP contribution is -3.15. The summed E-state index contributed by atoms with van der Waals surface area (Å²) in [5.74, 6) is 1.36. The van der Waals surface area contributed by atoms with Crippen LogP contribution in [0.2, 0.25) is 0 Å². The van der Waals surface area contributed by atoms with E-state index in [1.165, 1.54) is 28.8 Å². The summed E-state index contributed by atoms with van der Waals surface area (Å²) in [6.07, 6.45) is 1.20. The second-order valence-corrected chi connectivity index (χ2v) is 10.1. The molecule has 1 unspecified atom stereocenters. The molecule has 2 fully saturated rings. The predicted molar refractivity (Wildman–Crippen MR) is 110 cm³/mol. The number of methoxy groups -OCH3 is 1. The SMILES string of the molecule is COc1ccc(NC(=O)C[NH+]2C[C@H](C)C[C@H](C)C2)cc1S(=O)(=O)N1CCOCC1. The number of ether oxygens (including phenoxy) is 2. The standard InChI is InChI=1S/C20H31N3O5S/c1-15-10-16(2)13-22(12-15)14-20(24)21-17-4-5-18(27-3)19(11-17)29(25,26)23-6-8-28-9-7-23/h4-5,11,15-16H,6-10,12-14H2,1-3H3,(H,21,24)/p+1/t15-,16+. The fourth-order valence-electron chi connectivity index (χ4n) is 4.38. The fraction of sp³-hybridized carbons (Fsp3) is 0.650. The number of rotatable bonds is 6. The quantitative estimate of drug-likeness (QED) is 0.679. The molecule has 9 heteroatoms. The van der Waals surface area contributed by atoms with Crippen molar-refractivity contribution in [3.63, 3.8) is 0 Å². The molecule has 29 heavy (non-hydrogen) atoms. The number of likely N-dealkylation sites (tertiary alicyclic amines) is 1. The predicted octanol–water partition coefficient (Wildman–Crippen LogP) is 0.215. The molecule has 0 aromatic heterocycles. The van der Waals surface area contributed by atoms with Gasteiger partial charge in [0.2, 0.25) is 10.0 Å². The second-order valence-electron chi connectivity index (χ2n) is 8.21. The Morgan fingerprint density at radius 1 is 1.24 bits per heavy atom. The zero-order valence-electron chi connectivity index (χ0n) is 17.4. The van der Waals surface area contributed by atoms with Crippen LogP contribution in [0.5, 0.6) is 5.75 Å². The van der Waals surface area contributed by atoms with E-state index in [-0.39, 0.29) is 16.6 Å². The van der Waals surface area contributed by atoms with Crippen LogP contribution in [-0.4, -0.2) is 71.7 Å². The van der Waals surface area contributed by atoms with Crippen molar-refractivity contribution in [1.29, 1.82) is 0 Å². The van der Waals surface area contributed by atoms with Crippen LogP contribution in [0.15, 0.2) is 23.1 Å². The minimum absolute atomic E-state index is 0.0623. The normalized spacial score (nSPS) is 26.1. The topological polar surface area (TPSA) is 89.4 Å². The Morgan fingerprint density at radius 2 is 1.90 bits per heavy atom. The molecule has 1 aromatic carbocycles. The van der Waals surface area contributed by atoms with Crippen molar-refractivity contribution >= 4 is 21.6 Å². The number of anilines is 1. The molecule has 0 spiro atoms. The molecule has 3 atom stereocenters. The van der Waals surface area contributed by atoms with Gasteiger partial charge in [-0.15, -0.1) is 0 Å². The largest absolute Gasteiger partial charge is 0.495 e. The van der Waals surface area contributed by atoms with Crippen molar-refractivity contribution in [2.45, 2.75) is 25.2 Å². The van der Waals surface area contributed by atoms with Crippen LogP contribution in [-0.2, 0) is 19.6 Å². The average molecular weight is 427 g/mol. The number of quaternary nitrogens is 1. The monoisotopic (exact) mass is 426 g/mol. The number of carbonyl (C=O) groups excluding carboxylic acids is 1. The van der Waals surface area contributed by atoms with E-state index in [0.29, 0.717) is 50.4 Å². The van der Waals surface area contributed by atoms with E-state index in [1.807, 2.05) is 0 Å². The summed E-state index contributed by atoms with van der Waals surface area (Å²) in [6, 6.07) is 4.74. The summed E-state index contributed by atoms with van der Waals surface area (Å²) in [6.45, 7) is 8.13. The number of sulfonamides is 1. The van der Waals surface area contributed by atoms with Gasteiger partial charge in [0.1, 0.15) is 10.6 Å². The van der Waals surface area contributed by atoms with E-state index in [0.717, 1.165) is 13.1 Å². The molecule has 2 heterocycles. The highest BCUT2D eigenvalue weighted by Crippen LogP contribution is 2.30. The molecule has 0 bridgehead atoms. The first-order valence-corrected chi connectivity index (χ1v) is 11.6. The third-order valence-electron chi connectivity index (χ3n) is 5.52. The lowest BCUT2D eigenvalue weighted by molar-refractivity contribution is -0.904. The third-order valence-corrected chi connectivity index (χ3v) is 7.44. The highest BCUT2D eigenvalue weighted by atomic mass is 32.2. The Balaban J connectivity index is 1.73. The molecule has 2 aliphatic rings. The second kappa shape index (κ2) is 9.42. The highest BCUT2D eigenvalue weighted by Gasteiger charge is 2.30. The highest BCUT2D eigenvalue weighted by molar-refractivity contribution is 7.89. The van der Waals surface area contributed by atoms with Gasteiger partial charge in [-0.25, -0.2) is 8.42 Å². The van der Waals surface area contributed by atoms with Gasteiger partial charge in [-0.05, 0) is 24.6 Å². The molecule has 1 aromatic rings. The lowest BCUT2D eigenvalue weighted by atomic mass is 9.92. The average Bonchev–Trinajstić information content (AvgIpc) is 2.67. The van der Waals surface area contributed by atoms with Gasteiger partial charge in [0.15, 0.2) is 6.54 Å². The molecule has 8 nitrogen and oxygen atoms in total. The van der Waals surface area contributed by atoms with Crippen molar-refractivity contribution < 1.29 is 27.6 Å². The molecule has 0 aliphatic carbocycles. The molecule has 1 amide bonds. The molecule has 2 saturated heterocycles. The van der Waals surface area contributed by atoms with E-state index in [1.54, 1.807) is 12.1 Å². The molecular formula is C20H32N3O5S+. The number of benzene rings is 1. The smallest absolute Gasteiger partial charge is 0.279 e. The number of nitrogens with one attached hydrogen (secondary N) is 2. The minimum Gasteiger partial charge on any atom is -0.495 e. The van der Waals surface area contributed by atoms with Crippen molar-refractivity contribution in [2.75, 3.05) is 58.4 Å². The summed E-state index contributed by atoms with van der Waals surface area (Å²) in [7, 11) is -2.29. The minimum atomic E-state index is -3.73. The van der Waals surface area contributed by atoms with Crippen molar-refractivity contribution in [3.8, 4) is 5.75 Å². The van der Waals surface area contributed by atoms with E-state index < -0.39 is 10.0 Å². The zero-order chi connectivity index (χ0) is 21.0. The van der Waals surface area contributed by atoms with Crippen molar-refractivity contribution in [1.82, 2.24) is 4.31 Å². The number of amides is 1. The van der Waals surface area contributed by atoms with Crippen LogP contribution in [0.25, 0.3) is 0 Å². The van der Waals surface area contributed by atoms with E-state index >= 15 is 0 Å². The Kier molecular flexibility index (Phi) is 7.15. The van der Waals surface area contributed by atoms with Gasteiger partial charge in [-0.1, -0.05) is 13.8 Å². The number of nitrogens with zero attached hydrogens (tertiary/aromatic N) is 1. The van der Waals surface area contributed by atoms with Crippen molar-refractivity contribution in [2.24, 2.45) is 11.8 Å². The van der Waals surface area contributed by atoms with Crippen LogP contribution in [0.3, 0.4) is 0 Å². The van der Waals surface area contributed by atoms with Crippen LogP contribution in [0.4, 0.5) is 5.69 Å². The maximum atomic E-state index is 13.1. The molecule has 162 valence electrons. The number of morpholine rings is 1. The number of carbonyl (C=O) groups is 1. The third kappa shape index (κ3) is 5.48. The summed E-state index contributed by atoms with van der Waals surface area (Å²) in [5, 5.41) is 2.86. The molecule has 2 aliphatic heterocycles. The van der Waals surface area contributed by atoms with Gasteiger partial charge >= 0.3 is 0 Å². The van der Waals surface area contributed by atoms with E-state index in [2.05, 4.69) is 19.2 Å². The first-order valence-electron chi connectivity index (χ1n) is 10.2. The van der Waals surface area contributed by atoms with Crippen LogP contribution in [0.1, 0.15) is 20.3 Å².